The molecular formula is C21H24N4O2. The minimum atomic E-state index is -0.0463. The molecule has 1 amide bonds. The van der Waals surface area contributed by atoms with Gasteiger partial charge in [0, 0.05) is 47.9 Å². The number of aliphatic hydroxyl groups is 1. The highest BCUT2D eigenvalue weighted by atomic mass is 16.3. The van der Waals surface area contributed by atoms with Crippen molar-refractivity contribution in [3.63, 3.8) is 0 Å². The number of aromatic amines is 1. The normalized spacial score (nSPS) is 15.4. The summed E-state index contributed by atoms with van der Waals surface area (Å²) in [6, 6.07) is 8.06. The fraction of sp³-hybridized carbons (Fsp3) is 0.381. The number of fused-ring (bicyclic) bond motifs is 1. The van der Waals surface area contributed by atoms with Gasteiger partial charge in [0.15, 0.2) is 0 Å². The Hall–Kier alpha value is -2.73. The lowest BCUT2D eigenvalue weighted by molar-refractivity contribution is -0.131. The second kappa shape index (κ2) is 7.48. The molecule has 1 fully saturated rings. The summed E-state index contributed by atoms with van der Waals surface area (Å²) in [7, 11) is 0. The molecule has 3 heterocycles. The Morgan fingerprint density at radius 3 is 2.81 bits per heavy atom. The number of para-hydroxylation sites is 1. The molecule has 0 atom stereocenters. The second-order valence-corrected chi connectivity index (χ2v) is 7.18. The summed E-state index contributed by atoms with van der Waals surface area (Å²) in [5, 5.41) is 10.7. The number of benzene rings is 1. The number of nitrogens with one attached hydrogen (secondary N) is 1. The van der Waals surface area contributed by atoms with Gasteiger partial charge in [-0.3, -0.25) is 4.79 Å². The second-order valence-electron chi connectivity index (χ2n) is 7.18. The molecule has 27 heavy (non-hydrogen) atoms. The number of likely N-dealkylation sites (tertiary alicyclic amines) is 1. The van der Waals surface area contributed by atoms with Crippen LogP contribution in [0.25, 0.3) is 10.9 Å². The lowest BCUT2D eigenvalue weighted by Gasteiger charge is -2.32. The van der Waals surface area contributed by atoms with Crippen molar-refractivity contribution < 1.29 is 9.90 Å². The molecule has 2 N–H and O–H groups in total. The number of H-pyrrole nitrogens is 1. The number of rotatable bonds is 4. The van der Waals surface area contributed by atoms with Gasteiger partial charge in [-0.2, -0.15) is 0 Å². The largest absolute Gasteiger partial charge is 0.392 e. The van der Waals surface area contributed by atoms with Crippen LogP contribution in [-0.2, 0) is 17.8 Å². The van der Waals surface area contributed by atoms with Crippen molar-refractivity contribution in [2.45, 2.75) is 38.7 Å². The van der Waals surface area contributed by atoms with Crippen molar-refractivity contribution in [3.05, 3.63) is 59.3 Å². The summed E-state index contributed by atoms with van der Waals surface area (Å²) in [4.78, 5) is 26.7. The number of piperidine rings is 1. The van der Waals surface area contributed by atoms with E-state index in [-0.39, 0.29) is 18.4 Å². The van der Waals surface area contributed by atoms with E-state index in [1.165, 1.54) is 0 Å². The number of aliphatic hydroxyl groups excluding tert-OH is 1. The van der Waals surface area contributed by atoms with E-state index in [9.17, 15) is 9.90 Å². The molecule has 1 aliphatic heterocycles. The van der Waals surface area contributed by atoms with Crippen molar-refractivity contribution in [3.8, 4) is 0 Å². The highest BCUT2D eigenvalue weighted by Gasteiger charge is 2.26. The maximum Gasteiger partial charge on any atom is 0.227 e. The van der Waals surface area contributed by atoms with Gasteiger partial charge in [0.25, 0.3) is 0 Å². The average Bonchev–Trinajstić information content (AvgIpc) is 3.11. The van der Waals surface area contributed by atoms with E-state index >= 15 is 0 Å². The number of hydrogen-bond acceptors (Lipinski definition) is 4. The van der Waals surface area contributed by atoms with Crippen LogP contribution in [0.3, 0.4) is 0 Å². The Bertz CT molecular complexity index is 958. The van der Waals surface area contributed by atoms with Gasteiger partial charge in [-0.05, 0) is 31.4 Å². The zero-order chi connectivity index (χ0) is 18.8. The predicted octanol–water partition coefficient (Wildman–Crippen LogP) is 2.71. The zero-order valence-corrected chi connectivity index (χ0v) is 15.5. The number of carbonyl (C=O) groups is 1. The SMILES string of the molecule is Cc1ncc(CO)c(C2CCN(C(=O)Cc3c[nH]c4ccccc34)CC2)n1. The highest BCUT2D eigenvalue weighted by molar-refractivity contribution is 5.88. The van der Waals surface area contributed by atoms with Gasteiger partial charge in [-0.25, -0.2) is 9.97 Å². The zero-order valence-electron chi connectivity index (χ0n) is 15.5. The Kier molecular flexibility index (Phi) is 4.90. The summed E-state index contributed by atoms with van der Waals surface area (Å²) in [6.45, 7) is 3.26. The number of aromatic nitrogens is 3. The summed E-state index contributed by atoms with van der Waals surface area (Å²) >= 11 is 0. The molecule has 0 saturated carbocycles. The molecule has 1 aliphatic rings. The lowest BCUT2D eigenvalue weighted by Crippen LogP contribution is -2.39. The van der Waals surface area contributed by atoms with Gasteiger partial charge in [0.05, 0.1) is 18.7 Å². The van der Waals surface area contributed by atoms with Crippen molar-refractivity contribution in [1.29, 1.82) is 0 Å². The number of nitrogens with zero attached hydrogens (tertiary/aromatic N) is 3. The van der Waals surface area contributed by atoms with Gasteiger partial charge in [-0.1, -0.05) is 18.2 Å². The Morgan fingerprint density at radius 1 is 1.26 bits per heavy atom. The van der Waals surface area contributed by atoms with E-state index in [1.807, 2.05) is 36.2 Å². The lowest BCUT2D eigenvalue weighted by atomic mass is 9.90. The molecule has 1 saturated heterocycles. The molecule has 0 bridgehead atoms. The monoisotopic (exact) mass is 364 g/mol. The van der Waals surface area contributed by atoms with Crippen LogP contribution in [-0.4, -0.2) is 44.0 Å². The van der Waals surface area contributed by atoms with Crippen LogP contribution in [0.15, 0.2) is 36.7 Å². The molecule has 3 aromatic rings. The Labute approximate surface area is 158 Å². The van der Waals surface area contributed by atoms with Gasteiger partial charge >= 0.3 is 0 Å². The molecule has 6 nitrogen and oxygen atoms in total. The van der Waals surface area contributed by atoms with Gasteiger partial charge in [0.2, 0.25) is 5.91 Å². The quantitative estimate of drug-likeness (QED) is 0.746. The first-order valence-corrected chi connectivity index (χ1v) is 9.41. The van der Waals surface area contributed by atoms with Crippen molar-refractivity contribution in [2.24, 2.45) is 0 Å². The molecule has 1 aromatic carbocycles. The van der Waals surface area contributed by atoms with Crippen LogP contribution in [0, 0.1) is 6.92 Å². The van der Waals surface area contributed by atoms with E-state index in [1.54, 1.807) is 6.20 Å². The molecule has 2 aromatic heterocycles. The van der Waals surface area contributed by atoms with Crippen molar-refractivity contribution in [1.82, 2.24) is 19.9 Å². The molecular weight excluding hydrogens is 340 g/mol. The van der Waals surface area contributed by atoms with E-state index < -0.39 is 0 Å². The predicted molar refractivity (Wildman–Crippen MR) is 103 cm³/mol. The van der Waals surface area contributed by atoms with Gasteiger partial charge < -0.3 is 15.0 Å². The van der Waals surface area contributed by atoms with Gasteiger partial charge in [-0.15, -0.1) is 0 Å². The first-order chi connectivity index (χ1) is 13.2. The minimum Gasteiger partial charge on any atom is -0.392 e. The summed E-state index contributed by atoms with van der Waals surface area (Å²) in [5.41, 5.74) is 3.85. The van der Waals surface area contributed by atoms with Crippen LogP contribution in [0.1, 0.15) is 41.4 Å². The van der Waals surface area contributed by atoms with Crippen molar-refractivity contribution in [2.75, 3.05) is 13.1 Å². The molecule has 4 rings (SSSR count). The first-order valence-electron chi connectivity index (χ1n) is 9.41. The molecule has 0 radical (unpaired) electrons. The average molecular weight is 364 g/mol. The van der Waals surface area contributed by atoms with Crippen LogP contribution < -0.4 is 0 Å². The molecule has 0 unspecified atom stereocenters. The van der Waals surface area contributed by atoms with Crippen molar-refractivity contribution >= 4 is 16.8 Å². The maximum absolute atomic E-state index is 12.8. The fourth-order valence-electron chi connectivity index (χ4n) is 3.94. The van der Waals surface area contributed by atoms with E-state index in [0.29, 0.717) is 6.42 Å². The minimum absolute atomic E-state index is 0.0463. The first kappa shape index (κ1) is 17.7. The third-order valence-corrected chi connectivity index (χ3v) is 5.44. The number of carbonyl (C=O) groups excluding carboxylic acids is 1. The van der Waals surface area contributed by atoms with E-state index in [0.717, 1.165) is 59.5 Å². The fourth-order valence-corrected chi connectivity index (χ4v) is 3.94. The van der Waals surface area contributed by atoms with Crippen LogP contribution in [0.2, 0.25) is 0 Å². The summed E-state index contributed by atoms with van der Waals surface area (Å²) in [5.74, 6) is 1.16. The highest BCUT2D eigenvalue weighted by Crippen LogP contribution is 2.29. The van der Waals surface area contributed by atoms with E-state index in [2.05, 4.69) is 21.0 Å². The van der Waals surface area contributed by atoms with E-state index in [4.69, 9.17) is 0 Å². The van der Waals surface area contributed by atoms with Gasteiger partial charge in [0.1, 0.15) is 5.82 Å². The van der Waals surface area contributed by atoms with Crippen LogP contribution in [0.5, 0.6) is 0 Å². The number of hydrogen-bond donors (Lipinski definition) is 2. The summed E-state index contributed by atoms with van der Waals surface area (Å²) < 4.78 is 0. The molecule has 0 spiro atoms. The molecule has 0 aliphatic carbocycles. The Morgan fingerprint density at radius 2 is 2.04 bits per heavy atom. The van der Waals surface area contributed by atoms with Crippen LogP contribution >= 0.6 is 0 Å². The third kappa shape index (κ3) is 3.57. The number of amides is 1. The standard InChI is InChI=1S/C21H24N4O2/c1-14-22-12-17(13-26)21(24-14)15-6-8-25(9-7-15)20(27)10-16-11-23-19-5-3-2-4-18(16)19/h2-5,11-12,15,23,26H,6-10,13H2,1H3. The smallest absolute Gasteiger partial charge is 0.227 e. The Balaban J connectivity index is 1.42. The molecule has 6 heteroatoms. The van der Waals surface area contributed by atoms with Crippen LogP contribution in [0.4, 0.5) is 0 Å². The third-order valence-electron chi connectivity index (χ3n) is 5.44. The number of aryl methyl sites for hydroxylation is 1. The topological polar surface area (TPSA) is 82.1 Å². The summed E-state index contributed by atoms with van der Waals surface area (Å²) in [6.07, 6.45) is 5.80. The maximum atomic E-state index is 12.8. The molecule has 140 valence electrons.